The van der Waals surface area contributed by atoms with E-state index >= 15 is 0 Å². The first-order chi connectivity index (χ1) is 15.5. The van der Waals surface area contributed by atoms with Crippen molar-refractivity contribution in [1.29, 1.82) is 0 Å². The summed E-state index contributed by atoms with van der Waals surface area (Å²) in [5.41, 5.74) is 5.87. The van der Waals surface area contributed by atoms with Crippen molar-refractivity contribution in [3.63, 3.8) is 0 Å². The number of thioether (sulfide) groups is 1. The maximum Gasteiger partial charge on any atom is 0.288 e. The average Bonchev–Trinajstić information content (AvgIpc) is 3.29. The van der Waals surface area contributed by atoms with E-state index in [9.17, 15) is 10.1 Å². The lowest BCUT2D eigenvalue weighted by molar-refractivity contribution is -0.384. The fourth-order valence-corrected chi connectivity index (χ4v) is 5.96. The van der Waals surface area contributed by atoms with Gasteiger partial charge in [0.1, 0.15) is 5.02 Å². The summed E-state index contributed by atoms with van der Waals surface area (Å²) in [6.07, 6.45) is 5.49. The Morgan fingerprint density at radius 1 is 1.16 bits per heavy atom. The lowest BCUT2D eigenvalue weighted by Gasteiger charge is -2.38. The highest BCUT2D eigenvalue weighted by Crippen LogP contribution is 2.51. The maximum atomic E-state index is 11.4. The molecule has 6 heteroatoms. The van der Waals surface area contributed by atoms with Crippen LogP contribution in [0.15, 0.2) is 77.7 Å². The lowest BCUT2D eigenvalue weighted by Crippen LogP contribution is -2.29. The normalized spacial score (nSPS) is 21.0. The summed E-state index contributed by atoms with van der Waals surface area (Å²) in [5.74, 6) is 1.54. The molecule has 0 spiro atoms. The zero-order valence-electron chi connectivity index (χ0n) is 17.6. The summed E-state index contributed by atoms with van der Waals surface area (Å²) in [6, 6.07) is 20.2. The van der Waals surface area contributed by atoms with Crippen molar-refractivity contribution in [2.75, 3.05) is 5.32 Å². The summed E-state index contributed by atoms with van der Waals surface area (Å²) in [5, 5.41) is 15.3. The SMILES string of the molecule is Cc1cc(CSc2ccccc2)cc2c1N[C@H](c1ccc(Cl)c([N+](=O)[O-])c1)[C@H]1CC=C[C@@H]21. The van der Waals surface area contributed by atoms with Crippen molar-refractivity contribution >= 4 is 34.7 Å². The van der Waals surface area contributed by atoms with Gasteiger partial charge in [0.05, 0.1) is 11.0 Å². The second kappa shape index (κ2) is 8.64. The fraction of sp³-hybridized carbons (Fsp3) is 0.231. The Labute approximate surface area is 196 Å². The predicted octanol–water partition coefficient (Wildman–Crippen LogP) is 7.68. The molecule has 0 saturated carbocycles. The maximum absolute atomic E-state index is 11.4. The molecular formula is C26H23ClN2O2S. The number of nitrogens with zero attached hydrogens (tertiary/aromatic N) is 1. The average molecular weight is 463 g/mol. The Morgan fingerprint density at radius 2 is 1.97 bits per heavy atom. The smallest absolute Gasteiger partial charge is 0.288 e. The molecule has 3 atom stereocenters. The third-order valence-corrected chi connectivity index (χ3v) is 7.80. The fourth-order valence-electron chi connectivity index (χ4n) is 4.92. The highest BCUT2D eigenvalue weighted by molar-refractivity contribution is 7.98. The van der Waals surface area contributed by atoms with E-state index in [1.165, 1.54) is 21.6 Å². The van der Waals surface area contributed by atoms with E-state index in [0.717, 1.165) is 23.4 Å². The van der Waals surface area contributed by atoms with Crippen LogP contribution in [0.4, 0.5) is 11.4 Å². The van der Waals surface area contributed by atoms with Crippen molar-refractivity contribution in [1.82, 2.24) is 0 Å². The molecule has 0 radical (unpaired) electrons. The van der Waals surface area contributed by atoms with E-state index in [-0.39, 0.29) is 16.8 Å². The third kappa shape index (κ3) is 3.91. The quantitative estimate of drug-likeness (QED) is 0.183. The zero-order valence-corrected chi connectivity index (χ0v) is 19.2. The van der Waals surface area contributed by atoms with Crippen LogP contribution in [-0.2, 0) is 5.75 Å². The molecule has 0 fully saturated rings. The van der Waals surface area contributed by atoms with Crippen LogP contribution in [-0.4, -0.2) is 4.92 Å². The van der Waals surface area contributed by atoms with Crippen LogP contribution in [0.2, 0.25) is 5.02 Å². The molecule has 5 rings (SSSR count). The van der Waals surface area contributed by atoms with E-state index in [0.29, 0.717) is 11.8 Å². The first kappa shape index (κ1) is 21.1. The van der Waals surface area contributed by atoms with Gasteiger partial charge in [-0.25, -0.2) is 0 Å². The van der Waals surface area contributed by atoms with Gasteiger partial charge in [0.15, 0.2) is 0 Å². The summed E-state index contributed by atoms with van der Waals surface area (Å²) in [4.78, 5) is 12.3. The first-order valence-corrected chi connectivity index (χ1v) is 12.1. The highest BCUT2D eigenvalue weighted by Gasteiger charge is 2.39. The van der Waals surface area contributed by atoms with Gasteiger partial charge in [-0.2, -0.15) is 0 Å². The number of benzene rings is 3. The largest absolute Gasteiger partial charge is 0.377 e. The number of nitrogens with one attached hydrogen (secondary N) is 1. The molecule has 2 aliphatic rings. The number of hydrogen-bond acceptors (Lipinski definition) is 4. The minimum absolute atomic E-state index is 0.00158. The first-order valence-electron chi connectivity index (χ1n) is 10.7. The molecule has 1 aliphatic heterocycles. The van der Waals surface area contributed by atoms with Crippen molar-refractivity contribution < 1.29 is 4.92 Å². The van der Waals surface area contributed by atoms with Crippen LogP contribution in [0, 0.1) is 23.0 Å². The monoisotopic (exact) mass is 462 g/mol. The van der Waals surface area contributed by atoms with Crippen LogP contribution in [0.1, 0.15) is 40.6 Å². The van der Waals surface area contributed by atoms with Gasteiger partial charge in [-0.05, 0) is 59.7 Å². The lowest BCUT2D eigenvalue weighted by atomic mass is 9.76. The van der Waals surface area contributed by atoms with Gasteiger partial charge < -0.3 is 5.32 Å². The van der Waals surface area contributed by atoms with E-state index in [4.69, 9.17) is 11.6 Å². The molecule has 1 aliphatic carbocycles. The van der Waals surface area contributed by atoms with Gasteiger partial charge in [0, 0.05) is 28.3 Å². The number of nitro benzene ring substituents is 1. The van der Waals surface area contributed by atoms with E-state index in [1.54, 1.807) is 12.1 Å². The highest BCUT2D eigenvalue weighted by atomic mass is 35.5. The number of halogens is 1. The Bertz CT molecular complexity index is 1210. The Balaban J connectivity index is 1.47. The summed E-state index contributed by atoms with van der Waals surface area (Å²) >= 11 is 7.91. The van der Waals surface area contributed by atoms with E-state index in [2.05, 4.69) is 60.8 Å². The summed E-state index contributed by atoms with van der Waals surface area (Å²) in [6.45, 7) is 2.14. The Morgan fingerprint density at radius 3 is 2.75 bits per heavy atom. The van der Waals surface area contributed by atoms with Crippen molar-refractivity contribution in [3.05, 3.63) is 110 Å². The minimum atomic E-state index is -0.408. The predicted molar refractivity (Wildman–Crippen MR) is 132 cm³/mol. The number of fused-ring (bicyclic) bond motifs is 3. The van der Waals surface area contributed by atoms with Gasteiger partial charge in [-0.3, -0.25) is 10.1 Å². The molecule has 0 saturated heterocycles. The Kier molecular flexibility index (Phi) is 5.70. The summed E-state index contributed by atoms with van der Waals surface area (Å²) in [7, 11) is 0. The van der Waals surface area contributed by atoms with Crippen LogP contribution >= 0.6 is 23.4 Å². The van der Waals surface area contributed by atoms with Gasteiger partial charge in [-0.15, -0.1) is 11.8 Å². The van der Waals surface area contributed by atoms with Gasteiger partial charge in [-0.1, -0.05) is 60.2 Å². The van der Waals surface area contributed by atoms with Gasteiger partial charge in [0.25, 0.3) is 5.69 Å². The Hall–Kier alpha value is -2.76. The molecule has 32 heavy (non-hydrogen) atoms. The van der Waals surface area contributed by atoms with Crippen LogP contribution in [0.25, 0.3) is 0 Å². The molecule has 162 valence electrons. The molecule has 1 heterocycles. The number of anilines is 1. The zero-order chi connectivity index (χ0) is 22.2. The van der Waals surface area contributed by atoms with Crippen molar-refractivity contribution in [2.45, 2.75) is 36.0 Å². The topological polar surface area (TPSA) is 55.2 Å². The molecule has 4 nitrogen and oxygen atoms in total. The number of allylic oxidation sites excluding steroid dienone is 2. The molecule has 3 aromatic rings. The van der Waals surface area contributed by atoms with Gasteiger partial charge in [0.2, 0.25) is 0 Å². The number of nitro groups is 1. The van der Waals surface area contributed by atoms with Crippen molar-refractivity contribution in [2.24, 2.45) is 5.92 Å². The molecule has 0 amide bonds. The number of hydrogen-bond donors (Lipinski definition) is 1. The molecule has 0 bridgehead atoms. The molecule has 0 aromatic heterocycles. The molecule has 1 N–H and O–H groups in total. The summed E-state index contributed by atoms with van der Waals surface area (Å²) < 4.78 is 0. The number of rotatable bonds is 5. The van der Waals surface area contributed by atoms with Gasteiger partial charge >= 0.3 is 0 Å². The molecular weight excluding hydrogens is 440 g/mol. The standard InChI is InChI=1S/C26H23ClN2O2S/c1-16-12-17(15-32-19-6-3-2-4-7-19)13-22-20-8-5-9-21(20)26(28-25(16)22)18-10-11-23(27)24(14-18)29(30)31/h2-8,10-14,20-21,26,28H,9,15H2,1H3/t20-,21+,26-/m1/s1. The number of aryl methyl sites for hydroxylation is 1. The minimum Gasteiger partial charge on any atom is -0.377 e. The second-order valence-electron chi connectivity index (χ2n) is 8.42. The van der Waals surface area contributed by atoms with Crippen molar-refractivity contribution in [3.8, 4) is 0 Å². The van der Waals surface area contributed by atoms with Crippen LogP contribution < -0.4 is 5.32 Å². The van der Waals surface area contributed by atoms with E-state index < -0.39 is 4.92 Å². The third-order valence-electron chi connectivity index (χ3n) is 6.40. The van der Waals surface area contributed by atoms with Crippen LogP contribution in [0.5, 0.6) is 0 Å². The molecule has 0 unspecified atom stereocenters. The molecule has 3 aromatic carbocycles. The van der Waals surface area contributed by atoms with Crippen LogP contribution in [0.3, 0.4) is 0 Å². The van der Waals surface area contributed by atoms with E-state index in [1.807, 2.05) is 23.9 Å². The second-order valence-corrected chi connectivity index (χ2v) is 9.88.